The predicted molar refractivity (Wildman–Crippen MR) is 105 cm³/mol. The lowest BCUT2D eigenvalue weighted by molar-refractivity contribution is -0.938. The Bertz CT molecular complexity index is 944. The maximum Gasteiger partial charge on any atom is 0.209 e. The van der Waals surface area contributed by atoms with Crippen LogP contribution < -0.4 is 10.2 Å². The largest absolute Gasteiger partial charge is 0.330 e. The Balaban J connectivity index is 1.47. The zero-order valence-electron chi connectivity index (χ0n) is 14.2. The van der Waals surface area contributed by atoms with E-state index in [1.807, 2.05) is 10.7 Å². The van der Waals surface area contributed by atoms with Gasteiger partial charge in [0.05, 0.1) is 6.54 Å². The predicted octanol–water partition coefficient (Wildman–Crippen LogP) is 3.32. The summed E-state index contributed by atoms with van der Waals surface area (Å²) in [5.74, 6) is 0. The molecule has 1 unspecified atom stereocenters. The van der Waals surface area contributed by atoms with Gasteiger partial charge < -0.3 is 10.2 Å². The molecule has 0 aliphatic carbocycles. The quantitative estimate of drug-likeness (QED) is 0.693. The molecule has 0 saturated heterocycles. The molecular formula is C19H21N4S2+. The van der Waals surface area contributed by atoms with Crippen molar-refractivity contribution in [2.75, 3.05) is 11.9 Å². The highest BCUT2D eigenvalue weighted by molar-refractivity contribution is 7.73. The summed E-state index contributed by atoms with van der Waals surface area (Å²) in [7, 11) is 0. The van der Waals surface area contributed by atoms with E-state index in [4.69, 9.17) is 12.2 Å². The van der Waals surface area contributed by atoms with Gasteiger partial charge in [-0.05, 0) is 42.4 Å². The molecule has 128 valence electrons. The second-order valence-electron chi connectivity index (χ2n) is 6.52. The zero-order chi connectivity index (χ0) is 17.2. The van der Waals surface area contributed by atoms with Crippen LogP contribution in [0.25, 0.3) is 0 Å². The number of hydrogen-bond donors (Lipinski definition) is 2. The standard InChI is InChI=1S/C19H20N4S2/c1-14-5-4-8-17(11-14)20-18-21-23(19(24)25-18)13-22-10-9-15-6-2-3-7-16(15)12-22/h2-8,11H,9-10,12-13H2,1H3,(H,20,21)/p+1. The van der Waals surface area contributed by atoms with Crippen LogP contribution in [0.3, 0.4) is 0 Å². The molecule has 0 amide bonds. The number of anilines is 2. The molecular weight excluding hydrogens is 348 g/mol. The van der Waals surface area contributed by atoms with E-state index in [1.54, 1.807) is 0 Å². The van der Waals surface area contributed by atoms with Crippen molar-refractivity contribution in [2.45, 2.75) is 26.6 Å². The lowest BCUT2D eigenvalue weighted by atomic mass is 10.0. The van der Waals surface area contributed by atoms with Crippen LogP contribution in [0.4, 0.5) is 10.8 Å². The topological polar surface area (TPSA) is 34.3 Å². The number of nitrogens with zero attached hydrogens (tertiary/aromatic N) is 2. The monoisotopic (exact) mass is 369 g/mol. The smallest absolute Gasteiger partial charge is 0.209 e. The van der Waals surface area contributed by atoms with Crippen LogP contribution in [0.2, 0.25) is 0 Å². The van der Waals surface area contributed by atoms with Gasteiger partial charge in [0.2, 0.25) is 5.13 Å². The van der Waals surface area contributed by atoms with Gasteiger partial charge >= 0.3 is 0 Å². The summed E-state index contributed by atoms with van der Waals surface area (Å²) in [6.07, 6.45) is 1.12. The molecule has 4 nitrogen and oxygen atoms in total. The molecule has 1 aromatic heterocycles. The van der Waals surface area contributed by atoms with Gasteiger partial charge in [-0.15, -0.1) is 5.10 Å². The fraction of sp³-hybridized carbons (Fsp3) is 0.263. The Morgan fingerprint density at radius 2 is 2.04 bits per heavy atom. The first-order valence-corrected chi connectivity index (χ1v) is 9.72. The average molecular weight is 370 g/mol. The van der Waals surface area contributed by atoms with Gasteiger partial charge in [0, 0.05) is 17.7 Å². The Hall–Kier alpha value is -2.02. The molecule has 0 radical (unpaired) electrons. The summed E-state index contributed by atoms with van der Waals surface area (Å²) in [5, 5.41) is 8.91. The second-order valence-corrected chi connectivity index (χ2v) is 8.14. The molecule has 6 heteroatoms. The van der Waals surface area contributed by atoms with Crippen molar-refractivity contribution in [1.82, 2.24) is 9.78 Å². The maximum absolute atomic E-state index is 5.53. The van der Waals surface area contributed by atoms with Gasteiger partial charge in [-0.25, -0.2) is 0 Å². The van der Waals surface area contributed by atoms with Crippen molar-refractivity contribution in [3.63, 3.8) is 0 Å². The molecule has 25 heavy (non-hydrogen) atoms. The fourth-order valence-corrected chi connectivity index (χ4v) is 4.32. The number of benzene rings is 2. The van der Waals surface area contributed by atoms with Crippen LogP contribution in [0, 0.1) is 10.9 Å². The van der Waals surface area contributed by atoms with Crippen LogP contribution >= 0.6 is 23.6 Å². The first-order chi connectivity index (χ1) is 12.2. The molecule has 3 aromatic rings. The van der Waals surface area contributed by atoms with E-state index in [0.29, 0.717) is 0 Å². The Kier molecular flexibility index (Phi) is 4.65. The Morgan fingerprint density at radius 3 is 2.88 bits per heavy atom. The molecule has 1 aliphatic rings. The van der Waals surface area contributed by atoms with Gasteiger partial charge in [0.25, 0.3) is 0 Å². The number of fused-ring (bicyclic) bond motifs is 1. The molecule has 1 atom stereocenters. The number of aromatic nitrogens is 2. The summed E-state index contributed by atoms with van der Waals surface area (Å²) in [6, 6.07) is 17.0. The lowest BCUT2D eigenvalue weighted by Gasteiger charge is -2.25. The van der Waals surface area contributed by atoms with E-state index in [1.165, 1.54) is 32.9 Å². The van der Waals surface area contributed by atoms with Gasteiger partial charge in [-0.1, -0.05) is 47.7 Å². The van der Waals surface area contributed by atoms with Crippen LogP contribution in [-0.2, 0) is 19.6 Å². The number of nitrogens with one attached hydrogen (secondary N) is 2. The number of aryl methyl sites for hydroxylation is 1. The molecule has 0 spiro atoms. The van der Waals surface area contributed by atoms with Crippen LogP contribution in [0.5, 0.6) is 0 Å². The van der Waals surface area contributed by atoms with Crippen molar-refractivity contribution >= 4 is 34.4 Å². The number of hydrogen-bond acceptors (Lipinski definition) is 4. The lowest BCUT2D eigenvalue weighted by Crippen LogP contribution is -3.11. The van der Waals surface area contributed by atoms with E-state index in [2.05, 4.69) is 59.8 Å². The van der Waals surface area contributed by atoms with Gasteiger partial charge in [-0.2, -0.15) is 4.68 Å². The molecule has 1 aliphatic heterocycles. The summed E-state index contributed by atoms with van der Waals surface area (Å²) in [4.78, 5) is 1.50. The van der Waals surface area contributed by atoms with Crippen LogP contribution in [0.15, 0.2) is 48.5 Å². The SMILES string of the molecule is Cc1cccc(Nc2nn(C[NH+]3CCc4ccccc4C3)c(=S)s2)c1. The number of quaternary nitrogens is 1. The molecule has 2 heterocycles. The van der Waals surface area contributed by atoms with Gasteiger partial charge in [0.15, 0.2) is 10.6 Å². The molecule has 2 aromatic carbocycles. The molecule has 0 bridgehead atoms. The maximum atomic E-state index is 5.53. The molecule has 0 fully saturated rings. The summed E-state index contributed by atoms with van der Waals surface area (Å²) < 4.78 is 2.78. The molecule has 4 rings (SSSR count). The zero-order valence-corrected chi connectivity index (χ0v) is 15.8. The van der Waals surface area contributed by atoms with E-state index in [0.717, 1.165) is 41.0 Å². The summed E-state index contributed by atoms with van der Waals surface area (Å²) in [5.41, 5.74) is 5.21. The van der Waals surface area contributed by atoms with Gasteiger partial charge in [0.1, 0.15) is 6.54 Å². The van der Waals surface area contributed by atoms with Crippen molar-refractivity contribution in [3.05, 3.63) is 69.2 Å². The van der Waals surface area contributed by atoms with Crippen molar-refractivity contribution in [1.29, 1.82) is 0 Å². The van der Waals surface area contributed by atoms with Gasteiger partial charge in [-0.3, -0.25) is 0 Å². The van der Waals surface area contributed by atoms with E-state index in [-0.39, 0.29) is 0 Å². The number of rotatable bonds is 4. The summed E-state index contributed by atoms with van der Waals surface area (Å²) in [6.45, 7) is 5.06. The highest BCUT2D eigenvalue weighted by Crippen LogP contribution is 2.20. The van der Waals surface area contributed by atoms with Crippen LogP contribution in [-0.4, -0.2) is 16.3 Å². The normalized spacial score (nSPS) is 16.4. The first kappa shape index (κ1) is 16.4. The highest BCUT2D eigenvalue weighted by Gasteiger charge is 2.20. The fourth-order valence-electron chi connectivity index (χ4n) is 3.29. The van der Waals surface area contributed by atoms with Crippen molar-refractivity contribution < 1.29 is 4.90 Å². The highest BCUT2D eigenvalue weighted by atomic mass is 32.1. The third-order valence-corrected chi connectivity index (χ3v) is 5.78. The molecule has 2 N–H and O–H groups in total. The Morgan fingerprint density at radius 1 is 1.20 bits per heavy atom. The first-order valence-electron chi connectivity index (χ1n) is 8.49. The summed E-state index contributed by atoms with van der Waals surface area (Å²) >= 11 is 7.06. The minimum atomic E-state index is 0.819. The minimum absolute atomic E-state index is 0.819. The third-order valence-electron chi connectivity index (χ3n) is 4.56. The Labute approximate surface area is 156 Å². The second kappa shape index (κ2) is 7.07. The molecule has 0 saturated carbocycles. The van der Waals surface area contributed by atoms with E-state index < -0.39 is 0 Å². The van der Waals surface area contributed by atoms with Crippen LogP contribution in [0.1, 0.15) is 16.7 Å². The van der Waals surface area contributed by atoms with Crippen molar-refractivity contribution in [3.8, 4) is 0 Å². The van der Waals surface area contributed by atoms with E-state index >= 15 is 0 Å². The third kappa shape index (κ3) is 3.81. The average Bonchev–Trinajstić information content (AvgIpc) is 2.94. The minimum Gasteiger partial charge on any atom is -0.330 e. The van der Waals surface area contributed by atoms with Crippen molar-refractivity contribution in [2.24, 2.45) is 0 Å². The van der Waals surface area contributed by atoms with E-state index in [9.17, 15) is 0 Å².